The van der Waals surface area contributed by atoms with Crippen LogP contribution in [0.2, 0.25) is 5.02 Å². The molecule has 3 rings (SSSR count). The van der Waals surface area contributed by atoms with Gasteiger partial charge in [-0.3, -0.25) is 14.6 Å². The fourth-order valence-corrected chi connectivity index (χ4v) is 2.64. The lowest BCUT2D eigenvalue weighted by Crippen LogP contribution is -2.09. The number of rotatable bonds is 7. The second-order valence-electron chi connectivity index (χ2n) is 5.75. The number of carbonyl (C=O) groups is 2. The van der Waals surface area contributed by atoms with Crippen molar-refractivity contribution in [2.75, 3.05) is 11.9 Å². The lowest BCUT2D eigenvalue weighted by atomic mass is 10.0. The van der Waals surface area contributed by atoms with E-state index < -0.39 is 0 Å². The van der Waals surface area contributed by atoms with Crippen molar-refractivity contribution in [3.05, 3.63) is 94.8 Å². The van der Waals surface area contributed by atoms with E-state index in [1.54, 1.807) is 60.9 Å². The molecule has 26 heavy (non-hydrogen) atoms. The van der Waals surface area contributed by atoms with Gasteiger partial charge in [-0.2, -0.15) is 0 Å². The second-order valence-corrected chi connectivity index (χ2v) is 6.19. The van der Waals surface area contributed by atoms with Gasteiger partial charge in [0.05, 0.1) is 0 Å². The second kappa shape index (κ2) is 8.41. The van der Waals surface area contributed by atoms with Gasteiger partial charge >= 0.3 is 0 Å². The Morgan fingerprint density at radius 1 is 0.808 bits per heavy atom. The first-order valence-corrected chi connectivity index (χ1v) is 8.59. The molecule has 1 heterocycles. The van der Waals surface area contributed by atoms with Crippen molar-refractivity contribution >= 4 is 28.9 Å². The molecule has 0 aliphatic rings. The van der Waals surface area contributed by atoms with Gasteiger partial charge in [0, 0.05) is 52.8 Å². The Bertz CT molecular complexity index is 892. The molecule has 0 fully saturated rings. The highest BCUT2D eigenvalue weighted by Gasteiger charge is 2.09. The maximum atomic E-state index is 12.3. The van der Waals surface area contributed by atoms with Gasteiger partial charge in [0.2, 0.25) is 0 Å². The lowest BCUT2D eigenvalue weighted by Gasteiger charge is -2.07. The highest BCUT2D eigenvalue weighted by Crippen LogP contribution is 2.14. The van der Waals surface area contributed by atoms with Gasteiger partial charge in [-0.15, -0.1) is 0 Å². The lowest BCUT2D eigenvalue weighted by molar-refractivity contribution is 0.0985. The number of nitrogens with one attached hydrogen (secondary N) is 1. The molecule has 0 unspecified atom stereocenters. The van der Waals surface area contributed by atoms with Crippen LogP contribution in [0.5, 0.6) is 0 Å². The summed E-state index contributed by atoms with van der Waals surface area (Å²) in [6.07, 6.45) is 3.57. The smallest absolute Gasteiger partial charge is 0.193 e. The molecule has 4 nitrogen and oxygen atoms in total. The zero-order valence-electron chi connectivity index (χ0n) is 14.0. The van der Waals surface area contributed by atoms with E-state index in [-0.39, 0.29) is 11.6 Å². The quantitative estimate of drug-likeness (QED) is 0.620. The van der Waals surface area contributed by atoms with Crippen molar-refractivity contribution in [1.82, 2.24) is 4.98 Å². The van der Waals surface area contributed by atoms with Gasteiger partial charge in [-0.25, -0.2) is 0 Å². The van der Waals surface area contributed by atoms with Crippen LogP contribution < -0.4 is 5.32 Å². The first kappa shape index (κ1) is 17.8. The SMILES string of the molecule is O=C(CCNc1ccc(C(=O)c2ccncc2)cc1)c1ccc(Cl)cc1. The predicted molar refractivity (Wildman–Crippen MR) is 103 cm³/mol. The summed E-state index contributed by atoms with van der Waals surface area (Å²) < 4.78 is 0. The third-order valence-electron chi connectivity index (χ3n) is 3.94. The van der Waals surface area contributed by atoms with E-state index in [0.717, 1.165) is 5.69 Å². The maximum Gasteiger partial charge on any atom is 0.193 e. The van der Waals surface area contributed by atoms with Crippen LogP contribution in [0.3, 0.4) is 0 Å². The molecule has 1 aromatic heterocycles. The Morgan fingerprint density at radius 2 is 1.38 bits per heavy atom. The first-order valence-electron chi connectivity index (χ1n) is 8.21. The standard InChI is InChI=1S/C21H17ClN2O2/c22-18-5-1-15(2-6-18)20(25)11-14-24-19-7-3-16(4-8-19)21(26)17-9-12-23-13-10-17/h1-10,12-13,24H,11,14H2. The minimum absolute atomic E-state index is 0.0446. The van der Waals surface area contributed by atoms with Gasteiger partial charge in [-0.1, -0.05) is 11.6 Å². The Kier molecular flexibility index (Phi) is 5.77. The van der Waals surface area contributed by atoms with Gasteiger partial charge in [-0.05, 0) is 60.7 Å². The van der Waals surface area contributed by atoms with E-state index in [4.69, 9.17) is 11.6 Å². The van der Waals surface area contributed by atoms with Crippen LogP contribution in [-0.2, 0) is 0 Å². The minimum Gasteiger partial charge on any atom is -0.385 e. The zero-order valence-corrected chi connectivity index (χ0v) is 14.7. The number of anilines is 1. The van der Waals surface area contributed by atoms with E-state index in [1.165, 1.54) is 0 Å². The number of halogens is 1. The average Bonchev–Trinajstić information content (AvgIpc) is 2.69. The largest absolute Gasteiger partial charge is 0.385 e. The number of aromatic nitrogens is 1. The summed E-state index contributed by atoms with van der Waals surface area (Å²) in [7, 11) is 0. The highest BCUT2D eigenvalue weighted by atomic mass is 35.5. The van der Waals surface area contributed by atoms with E-state index in [9.17, 15) is 9.59 Å². The Morgan fingerprint density at radius 3 is 2.04 bits per heavy atom. The Labute approximate surface area is 156 Å². The first-order chi connectivity index (χ1) is 12.6. The van der Waals surface area contributed by atoms with E-state index in [1.807, 2.05) is 12.1 Å². The van der Waals surface area contributed by atoms with Crippen LogP contribution in [0.15, 0.2) is 73.1 Å². The molecule has 0 saturated carbocycles. The molecule has 0 aliphatic carbocycles. The van der Waals surface area contributed by atoms with E-state index >= 15 is 0 Å². The molecule has 1 N–H and O–H groups in total. The van der Waals surface area contributed by atoms with Crippen LogP contribution >= 0.6 is 11.6 Å². The summed E-state index contributed by atoms with van der Waals surface area (Å²) in [5.41, 5.74) is 2.72. The van der Waals surface area contributed by atoms with Gasteiger partial charge in [0.15, 0.2) is 11.6 Å². The van der Waals surface area contributed by atoms with Crippen molar-refractivity contribution < 1.29 is 9.59 Å². The summed E-state index contributed by atoms with van der Waals surface area (Å²) in [6.45, 7) is 0.513. The van der Waals surface area contributed by atoms with Crippen LogP contribution in [0.1, 0.15) is 32.7 Å². The van der Waals surface area contributed by atoms with Crippen molar-refractivity contribution in [2.45, 2.75) is 6.42 Å². The topological polar surface area (TPSA) is 59.1 Å². The van der Waals surface area contributed by atoms with Crippen LogP contribution in [0, 0.1) is 0 Å². The van der Waals surface area contributed by atoms with Gasteiger partial charge < -0.3 is 5.32 Å². The molecule has 3 aromatic rings. The molecule has 0 bridgehead atoms. The molecule has 2 aromatic carbocycles. The minimum atomic E-state index is -0.0446. The summed E-state index contributed by atoms with van der Waals surface area (Å²) in [5.74, 6) is 0.00974. The highest BCUT2D eigenvalue weighted by molar-refractivity contribution is 6.30. The fraction of sp³-hybridized carbons (Fsp3) is 0.0952. The molecular weight excluding hydrogens is 348 g/mol. The van der Waals surface area contributed by atoms with Crippen molar-refractivity contribution in [2.24, 2.45) is 0 Å². The van der Waals surface area contributed by atoms with E-state index in [2.05, 4.69) is 10.3 Å². The maximum absolute atomic E-state index is 12.3. The molecule has 5 heteroatoms. The number of carbonyl (C=O) groups excluding carboxylic acids is 2. The summed E-state index contributed by atoms with van der Waals surface area (Å²) >= 11 is 5.82. The van der Waals surface area contributed by atoms with E-state index in [0.29, 0.717) is 34.7 Å². The van der Waals surface area contributed by atoms with Gasteiger partial charge in [0.1, 0.15) is 0 Å². The van der Waals surface area contributed by atoms with Crippen molar-refractivity contribution in [1.29, 1.82) is 0 Å². The van der Waals surface area contributed by atoms with Gasteiger partial charge in [0.25, 0.3) is 0 Å². The Hall–Kier alpha value is -2.98. The van der Waals surface area contributed by atoms with Crippen molar-refractivity contribution in [3.8, 4) is 0 Å². The summed E-state index contributed by atoms with van der Waals surface area (Å²) in [5, 5.41) is 3.81. The number of hydrogen-bond acceptors (Lipinski definition) is 4. The summed E-state index contributed by atoms with van der Waals surface area (Å²) in [4.78, 5) is 28.4. The molecule has 0 radical (unpaired) electrons. The molecule has 0 spiro atoms. The molecule has 130 valence electrons. The van der Waals surface area contributed by atoms with Crippen LogP contribution in [0.25, 0.3) is 0 Å². The number of pyridine rings is 1. The summed E-state index contributed by atoms with van der Waals surface area (Å²) in [6, 6.07) is 17.5. The van der Waals surface area contributed by atoms with Crippen molar-refractivity contribution in [3.63, 3.8) is 0 Å². The number of ketones is 2. The normalized spacial score (nSPS) is 10.3. The molecule has 0 aliphatic heterocycles. The van der Waals surface area contributed by atoms with Crippen LogP contribution in [0.4, 0.5) is 5.69 Å². The number of hydrogen-bond donors (Lipinski definition) is 1. The number of nitrogens with zero attached hydrogens (tertiary/aromatic N) is 1. The average molecular weight is 365 g/mol. The molecule has 0 atom stereocenters. The van der Waals surface area contributed by atoms with Crippen LogP contribution in [-0.4, -0.2) is 23.1 Å². The molecule has 0 amide bonds. The predicted octanol–water partition coefficient (Wildman–Crippen LogP) is 4.65. The fourth-order valence-electron chi connectivity index (χ4n) is 2.51. The number of Topliss-reactive ketones (excluding diaryl/α,β-unsaturated/α-hetero) is 1. The third kappa shape index (κ3) is 4.55. The monoisotopic (exact) mass is 364 g/mol. The number of benzene rings is 2. The zero-order chi connectivity index (χ0) is 18.4. The molecule has 0 saturated heterocycles. The molecular formula is C21H17ClN2O2. The Balaban J connectivity index is 1.54. The third-order valence-corrected chi connectivity index (χ3v) is 4.19.